The standard InChI is InChI=1S/C16H26N2/c1-15(2,3)12-18(4)16(11-17)9-13-7-5-6-8-14(13)10-16/h5-8H,9-12,17H2,1-4H3. The summed E-state index contributed by atoms with van der Waals surface area (Å²) in [5.41, 5.74) is 9.51. The van der Waals surface area contributed by atoms with Gasteiger partial charge in [-0.15, -0.1) is 0 Å². The molecule has 0 atom stereocenters. The van der Waals surface area contributed by atoms with E-state index in [4.69, 9.17) is 5.73 Å². The topological polar surface area (TPSA) is 29.3 Å². The van der Waals surface area contributed by atoms with E-state index in [0.717, 1.165) is 25.9 Å². The van der Waals surface area contributed by atoms with Crippen molar-refractivity contribution in [3.05, 3.63) is 35.4 Å². The molecule has 1 aliphatic rings. The van der Waals surface area contributed by atoms with Gasteiger partial charge in [-0.1, -0.05) is 45.0 Å². The first-order valence-corrected chi connectivity index (χ1v) is 6.84. The van der Waals surface area contributed by atoms with Gasteiger partial charge in [-0.2, -0.15) is 0 Å². The fourth-order valence-corrected chi connectivity index (χ4v) is 3.12. The maximum atomic E-state index is 6.13. The Balaban J connectivity index is 2.20. The number of rotatable bonds is 3. The predicted octanol–water partition coefficient (Wildman–Crippen LogP) is 2.46. The van der Waals surface area contributed by atoms with Crippen LogP contribution >= 0.6 is 0 Å². The molecule has 2 heteroatoms. The minimum absolute atomic E-state index is 0.122. The molecule has 0 amide bonds. The minimum atomic E-state index is 0.122. The van der Waals surface area contributed by atoms with Crippen LogP contribution < -0.4 is 5.73 Å². The predicted molar refractivity (Wildman–Crippen MR) is 77.7 cm³/mol. The number of likely N-dealkylation sites (N-methyl/N-ethyl adjacent to an activating group) is 1. The molecule has 0 fully saturated rings. The molecule has 100 valence electrons. The van der Waals surface area contributed by atoms with E-state index >= 15 is 0 Å². The van der Waals surface area contributed by atoms with E-state index in [0.29, 0.717) is 5.41 Å². The zero-order valence-corrected chi connectivity index (χ0v) is 12.2. The first-order chi connectivity index (χ1) is 8.36. The first kappa shape index (κ1) is 13.6. The Morgan fingerprint density at radius 1 is 1.17 bits per heavy atom. The molecule has 0 saturated heterocycles. The fourth-order valence-electron chi connectivity index (χ4n) is 3.12. The van der Waals surface area contributed by atoms with Crippen molar-refractivity contribution in [1.29, 1.82) is 0 Å². The molecule has 0 heterocycles. The highest BCUT2D eigenvalue weighted by molar-refractivity contribution is 5.36. The molecule has 0 radical (unpaired) electrons. The summed E-state index contributed by atoms with van der Waals surface area (Å²) in [6, 6.07) is 8.76. The average Bonchev–Trinajstić information content (AvgIpc) is 2.66. The molecule has 0 unspecified atom stereocenters. The normalized spacial score (nSPS) is 18.1. The fraction of sp³-hybridized carbons (Fsp3) is 0.625. The van der Waals surface area contributed by atoms with E-state index < -0.39 is 0 Å². The molecule has 1 aromatic carbocycles. The van der Waals surface area contributed by atoms with Crippen LogP contribution in [0.1, 0.15) is 31.9 Å². The lowest BCUT2D eigenvalue weighted by Gasteiger charge is -2.41. The first-order valence-electron chi connectivity index (χ1n) is 6.84. The van der Waals surface area contributed by atoms with Crippen molar-refractivity contribution < 1.29 is 0 Å². The van der Waals surface area contributed by atoms with Gasteiger partial charge in [0.15, 0.2) is 0 Å². The summed E-state index contributed by atoms with van der Waals surface area (Å²) < 4.78 is 0. The van der Waals surface area contributed by atoms with Crippen LogP contribution in [0, 0.1) is 5.41 Å². The third-order valence-corrected chi connectivity index (χ3v) is 4.06. The number of fused-ring (bicyclic) bond motifs is 1. The lowest BCUT2D eigenvalue weighted by molar-refractivity contribution is 0.0938. The van der Waals surface area contributed by atoms with Crippen LogP contribution in [0.15, 0.2) is 24.3 Å². The second kappa shape index (κ2) is 4.67. The molecule has 0 saturated carbocycles. The molecule has 2 rings (SSSR count). The van der Waals surface area contributed by atoms with Gasteiger partial charge in [0.2, 0.25) is 0 Å². The van der Waals surface area contributed by atoms with Crippen molar-refractivity contribution in [2.24, 2.45) is 11.1 Å². The summed E-state index contributed by atoms with van der Waals surface area (Å²) in [6.07, 6.45) is 2.18. The van der Waals surface area contributed by atoms with Gasteiger partial charge in [0, 0.05) is 18.6 Å². The van der Waals surface area contributed by atoms with E-state index in [1.807, 2.05) is 0 Å². The summed E-state index contributed by atoms with van der Waals surface area (Å²) in [5.74, 6) is 0. The van der Waals surface area contributed by atoms with Crippen molar-refractivity contribution >= 4 is 0 Å². The number of nitrogens with two attached hydrogens (primary N) is 1. The van der Waals surface area contributed by atoms with Crippen LogP contribution in [0.4, 0.5) is 0 Å². The van der Waals surface area contributed by atoms with Gasteiger partial charge in [-0.05, 0) is 36.4 Å². The lowest BCUT2D eigenvalue weighted by Crippen LogP contribution is -2.55. The van der Waals surface area contributed by atoms with E-state index in [-0.39, 0.29) is 5.54 Å². The molecule has 0 bridgehead atoms. The number of hydrogen-bond donors (Lipinski definition) is 1. The van der Waals surface area contributed by atoms with E-state index in [1.165, 1.54) is 11.1 Å². The summed E-state index contributed by atoms with van der Waals surface area (Å²) in [6.45, 7) is 8.67. The van der Waals surface area contributed by atoms with Gasteiger partial charge < -0.3 is 5.73 Å². The Bertz CT molecular complexity index is 392. The second-order valence-electron chi connectivity index (χ2n) is 6.97. The average molecular weight is 246 g/mol. The molecule has 2 nitrogen and oxygen atoms in total. The van der Waals surface area contributed by atoms with Gasteiger partial charge in [0.1, 0.15) is 0 Å². The Labute approximate surface area is 111 Å². The third kappa shape index (κ3) is 2.60. The summed E-state index contributed by atoms with van der Waals surface area (Å²) in [7, 11) is 2.23. The highest BCUT2D eigenvalue weighted by Gasteiger charge is 2.40. The summed E-state index contributed by atoms with van der Waals surface area (Å²) in [5, 5.41) is 0. The van der Waals surface area contributed by atoms with E-state index in [2.05, 4.69) is 57.0 Å². The van der Waals surface area contributed by atoms with Gasteiger partial charge in [0.05, 0.1) is 0 Å². The molecule has 0 spiro atoms. The minimum Gasteiger partial charge on any atom is -0.329 e. The van der Waals surface area contributed by atoms with Crippen molar-refractivity contribution in [2.45, 2.75) is 39.2 Å². The van der Waals surface area contributed by atoms with Crippen LogP contribution in [0.3, 0.4) is 0 Å². The maximum absolute atomic E-state index is 6.13. The van der Waals surface area contributed by atoms with Crippen LogP contribution in [-0.4, -0.2) is 30.6 Å². The molecule has 1 aliphatic carbocycles. The maximum Gasteiger partial charge on any atom is 0.0409 e. The van der Waals surface area contributed by atoms with Crippen molar-refractivity contribution in [3.8, 4) is 0 Å². The smallest absolute Gasteiger partial charge is 0.0409 e. The van der Waals surface area contributed by atoms with Gasteiger partial charge in [-0.25, -0.2) is 0 Å². The molecule has 0 aliphatic heterocycles. The SMILES string of the molecule is CN(CC(C)(C)C)C1(CN)Cc2ccccc2C1. The Kier molecular flexibility index (Phi) is 3.52. The van der Waals surface area contributed by atoms with Gasteiger partial charge >= 0.3 is 0 Å². The van der Waals surface area contributed by atoms with Crippen molar-refractivity contribution in [3.63, 3.8) is 0 Å². The second-order valence-corrected chi connectivity index (χ2v) is 6.97. The van der Waals surface area contributed by atoms with E-state index in [1.54, 1.807) is 0 Å². The molecular weight excluding hydrogens is 220 g/mol. The van der Waals surface area contributed by atoms with Gasteiger partial charge in [0.25, 0.3) is 0 Å². The summed E-state index contributed by atoms with van der Waals surface area (Å²) in [4.78, 5) is 2.48. The zero-order valence-electron chi connectivity index (χ0n) is 12.2. The molecule has 18 heavy (non-hydrogen) atoms. The number of benzene rings is 1. The van der Waals surface area contributed by atoms with Crippen LogP contribution in [0.5, 0.6) is 0 Å². The van der Waals surface area contributed by atoms with Crippen LogP contribution in [0.25, 0.3) is 0 Å². The molecule has 0 aromatic heterocycles. The van der Waals surface area contributed by atoms with Gasteiger partial charge in [-0.3, -0.25) is 4.90 Å². The Morgan fingerprint density at radius 3 is 2.06 bits per heavy atom. The van der Waals surface area contributed by atoms with Crippen molar-refractivity contribution in [2.75, 3.05) is 20.1 Å². The molecular formula is C16H26N2. The monoisotopic (exact) mass is 246 g/mol. The quantitative estimate of drug-likeness (QED) is 0.887. The van der Waals surface area contributed by atoms with Crippen molar-refractivity contribution in [1.82, 2.24) is 4.90 Å². The highest BCUT2D eigenvalue weighted by atomic mass is 15.2. The highest BCUT2D eigenvalue weighted by Crippen LogP contribution is 2.34. The Morgan fingerprint density at radius 2 is 1.67 bits per heavy atom. The number of hydrogen-bond acceptors (Lipinski definition) is 2. The Hall–Kier alpha value is -0.860. The largest absolute Gasteiger partial charge is 0.329 e. The van der Waals surface area contributed by atoms with Crippen LogP contribution in [-0.2, 0) is 12.8 Å². The third-order valence-electron chi connectivity index (χ3n) is 4.06. The molecule has 1 aromatic rings. The van der Waals surface area contributed by atoms with E-state index in [9.17, 15) is 0 Å². The zero-order chi connectivity index (χ0) is 13.4. The summed E-state index contributed by atoms with van der Waals surface area (Å²) >= 11 is 0. The molecule has 2 N–H and O–H groups in total. The van der Waals surface area contributed by atoms with Crippen LogP contribution in [0.2, 0.25) is 0 Å². The lowest BCUT2D eigenvalue weighted by atomic mass is 9.89. The number of nitrogens with zero attached hydrogens (tertiary/aromatic N) is 1.